The molecule has 0 aliphatic carbocycles. The molecule has 3 N–H and O–H groups in total. The Hall–Kier alpha value is -2.76. The van der Waals surface area contributed by atoms with Gasteiger partial charge < -0.3 is 25.6 Å². The van der Waals surface area contributed by atoms with Crippen molar-refractivity contribution in [3.8, 4) is 0 Å². The highest BCUT2D eigenvalue weighted by molar-refractivity contribution is 9.10. The Morgan fingerprint density at radius 1 is 1.18 bits per heavy atom. The fraction of sp³-hybridized carbons (Fsp3) is 0.364. The molecule has 0 atom stereocenters. The molecule has 4 amide bonds. The van der Waals surface area contributed by atoms with Crippen LogP contribution in [-0.4, -0.2) is 66.9 Å². The van der Waals surface area contributed by atoms with E-state index in [0.29, 0.717) is 59.7 Å². The van der Waals surface area contributed by atoms with E-state index in [1.54, 1.807) is 30.3 Å². The van der Waals surface area contributed by atoms with Gasteiger partial charge in [0.1, 0.15) is 5.54 Å². The van der Waals surface area contributed by atoms with Crippen LogP contribution in [0.1, 0.15) is 32.9 Å². The van der Waals surface area contributed by atoms with Gasteiger partial charge in [0.2, 0.25) is 11.8 Å². The Morgan fingerprint density at radius 3 is 2.64 bits per heavy atom. The average Bonchev–Trinajstić information content (AvgIpc) is 3.35. The van der Waals surface area contributed by atoms with Gasteiger partial charge in [-0.15, -0.1) is 11.3 Å². The lowest BCUT2D eigenvalue weighted by atomic mass is 9.88. The van der Waals surface area contributed by atoms with Gasteiger partial charge in [-0.3, -0.25) is 19.2 Å². The van der Waals surface area contributed by atoms with Crippen molar-refractivity contribution in [1.29, 1.82) is 0 Å². The number of piperazine rings is 1. The monoisotopic (exact) mass is 534 g/mol. The number of rotatable bonds is 5. The SMILES string of the molecule is O=C1CN(C(=O)c2ccc(NC(=O)C3(NC(=O)c4cccs4)CCOCC3)cc2Br)CCN1. The molecule has 4 rings (SSSR count). The summed E-state index contributed by atoms with van der Waals surface area (Å²) in [4.78, 5) is 52.4. The van der Waals surface area contributed by atoms with Gasteiger partial charge in [-0.2, -0.15) is 0 Å². The molecule has 0 radical (unpaired) electrons. The third-order valence-electron chi connectivity index (χ3n) is 5.66. The van der Waals surface area contributed by atoms with Gasteiger partial charge in [-0.1, -0.05) is 6.07 Å². The van der Waals surface area contributed by atoms with Gasteiger partial charge in [0.15, 0.2) is 0 Å². The Kier molecular flexibility index (Phi) is 7.11. The van der Waals surface area contributed by atoms with E-state index >= 15 is 0 Å². The molecule has 2 aromatic rings. The minimum Gasteiger partial charge on any atom is -0.381 e. The molecule has 1 aromatic carbocycles. The summed E-state index contributed by atoms with van der Waals surface area (Å²) >= 11 is 4.72. The normalized spacial score (nSPS) is 17.7. The van der Waals surface area contributed by atoms with Crippen molar-refractivity contribution in [3.05, 3.63) is 50.6 Å². The standard InChI is InChI=1S/C22H23BrN4O5S/c23-16-12-14(3-4-15(16)20(30)27-8-7-24-18(28)13-27)25-21(31)22(5-9-32-10-6-22)26-19(29)17-2-1-11-33-17/h1-4,11-12H,5-10,13H2,(H,24,28)(H,25,31)(H,26,29). The van der Waals surface area contributed by atoms with Crippen molar-refractivity contribution in [1.82, 2.24) is 15.5 Å². The van der Waals surface area contributed by atoms with E-state index in [1.807, 2.05) is 5.38 Å². The molecule has 0 saturated carbocycles. The largest absolute Gasteiger partial charge is 0.381 e. The molecule has 1 aromatic heterocycles. The van der Waals surface area contributed by atoms with Crippen molar-refractivity contribution in [3.63, 3.8) is 0 Å². The van der Waals surface area contributed by atoms with Crippen molar-refractivity contribution in [2.24, 2.45) is 0 Å². The molecule has 11 heteroatoms. The zero-order valence-electron chi connectivity index (χ0n) is 17.7. The maximum atomic E-state index is 13.3. The molecule has 2 aliphatic rings. The van der Waals surface area contributed by atoms with Crippen LogP contribution in [0.3, 0.4) is 0 Å². The van der Waals surface area contributed by atoms with Gasteiger partial charge in [-0.25, -0.2) is 0 Å². The van der Waals surface area contributed by atoms with Crippen LogP contribution in [0.2, 0.25) is 0 Å². The second-order valence-corrected chi connectivity index (χ2v) is 9.65. The number of hydrogen-bond donors (Lipinski definition) is 3. The lowest BCUT2D eigenvalue weighted by Crippen LogP contribution is -2.59. The second-order valence-electron chi connectivity index (χ2n) is 7.85. The molecule has 9 nitrogen and oxygen atoms in total. The summed E-state index contributed by atoms with van der Waals surface area (Å²) in [5.74, 6) is -1.09. The molecule has 0 spiro atoms. The first-order chi connectivity index (χ1) is 15.9. The number of hydrogen-bond acceptors (Lipinski definition) is 6. The number of anilines is 1. The Morgan fingerprint density at radius 2 is 1.97 bits per heavy atom. The molecule has 3 heterocycles. The van der Waals surface area contributed by atoms with Gasteiger partial charge in [-0.05, 0) is 45.6 Å². The van der Waals surface area contributed by atoms with Crippen molar-refractivity contribution in [2.45, 2.75) is 18.4 Å². The molecule has 2 fully saturated rings. The number of ether oxygens (including phenoxy) is 1. The van der Waals surface area contributed by atoms with Gasteiger partial charge in [0.25, 0.3) is 11.8 Å². The molecule has 33 heavy (non-hydrogen) atoms. The van der Waals surface area contributed by atoms with E-state index in [0.717, 1.165) is 0 Å². The lowest BCUT2D eigenvalue weighted by Gasteiger charge is -2.36. The zero-order chi connectivity index (χ0) is 23.4. The van der Waals surface area contributed by atoms with Crippen LogP contribution < -0.4 is 16.0 Å². The first-order valence-corrected chi connectivity index (χ1v) is 12.2. The van der Waals surface area contributed by atoms with E-state index in [-0.39, 0.29) is 30.2 Å². The summed E-state index contributed by atoms with van der Waals surface area (Å²) < 4.78 is 5.92. The summed E-state index contributed by atoms with van der Waals surface area (Å²) in [7, 11) is 0. The fourth-order valence-corrected chi connectivity index (χ4v) is 4.98. The topological polar surface area (TPSA) is 117 Å². The number of amides is 4. The zero-order valence-corrected chi connectivity index (χ0v) is 20.1. The van der Waals surface area contributed by atoms with Gasteiger partial charge >= 0.3 is 0 Å². The van der Waals surface area contributed by atoms with Crippen molar-refractivity contribution in [2.75, 3.05) is 38.2 Å². The fourth-order valence-electron chi connectivity index (χ4n) is 3.81. The molecule has 0 unspecified atom stereocenters. The number of halogens is 1. The molecule has 174 valence electrons. The summed E-state index contributed by atoms with van der Waals surface area (Å²) in [5.41, 5.74) is -0.216. The van der Waals surface area contributed by atoms with Crippen LogP contribution in [0, 0.1) is 0 Å². The molecule has 2 aliphatic heterocycles. The van der Waals surface area contributed by atoms with Crippen molar-refractivity contribution < 1.29 is 23.9 Å². The summed E-state index contributed by atoms with van der Waals surface area (Å²) in [5, 5.41) is 10.3. The highest BCUT2D eigenvalue weighted by Crippen LogP contribution is 2.27. The highest BCUT2D eigenvalue weighted by Gasteiger charge is 2.42. The third-order valence-corrected chi connectivity index (χ3v) is 7.19. The van der Waals surface area contributed by atoms with Crippen LogP contribution in [-0.2, 0) is 14.3 Å². The number of thiophene rings is 1. The quantitative estimate of drug-likeness (QED) is 0.542. The van der Waals surface area contributed by atoms with Crippen LogP contribution in [0.4, 0.5) is 5.69 Å². The molecular weight excluding hydrogens is 512 g/mol. The maximum absolute atomic E-state index is 13.3. The molecular formula is C22H23BrN4O5S. The van der Waals surface area contributed by atoms with Crippen LogP contribution in [0.15, 0.2) is 40.2 Å². The number of carbonyl (C=O) groups is 4. The predicted molar refractivity (Wildman–Crippen MR) is 126 cm³/mol. The van der Waals surface area contributed by atoms with E-state index < -0.39 is 5.54 Å². The van der Waals surface area contributed by atoms with Crippen LogP contribution >= 0.6 is 27.3 Å². The van der Waals surface area contributed by atoms with E-state index in [4.69, 9.17) is 4.74 Å². The first-order valence-electron chi connectivity index (χ1n) is 10.5. The van der Waals surface area contributed by atoms with Gasteiger partial charge in [0, 0.05) is 49.3 Å². The van der Waals surface area contributed by atoms with Crippen LogP contribution in [0.25, 0.3) is 0 Å². The predicted octanol–water partition coefficient (Wildman–Crippen LogP) is 2.00. The van der Waals surface area contributed by atoms with Crippen LogP contribution in [0.5, 0.6) is 0 Å². The molecule has 0 bridgehead atoms. The Balaban J connectivity index is 1.49. The lowest BCUT2D eigenvalue weighted by molar-refractivity contribution is -0.126. The second kappa shape index (κ2) is 10.0. The Bertz CT molecular complexity index is 1070. The summed E-state index contributed by atoms with van der Waals surface area (Å²) in [6.07, 6.45) is 0.704. The minimum absolute atomic E-state index is 0.0122. The van der Waals surface area contributed by atoms with E-state index in [1.165, 1.54) is 16.2 Å². The van der Waals surface area contributed by atoms with Gasteiger partial charge in [0.05, 0.1) is 17.0 Å². The first kappa shape index (κ1) is 23.4. The third kappa shape index (κ3) is 5.26. The van der Waals surface area contributed by atoms with E-state index in [2.05, 4.69) is 31.9 Å². The maximum Gasteiger partial charge on any atom is 0.262 e. The Labute approximate surface area is 203 Å². The molecule has 2 saturated heterocycles. The number of nitrogens with one attached hydrogen (secondary N) is 3. The summed E-state index contributed by atoms with van der Waals surface area (Å²) in [6.45, 7) is 1.58. The number of benzene rings is 1. The highest BCUT2D eigenvalue weighted by atomic mass is 79.9. The minimum atomic E-state index is -1.10. The smallest absolute Gasteiger partial charge is 0.262 e. The number of nitrogens with zero attached hydrogens (tertiary/aromatic N) is 1. The van der Waals surface area contributed by atoms with Crippen molar-refractivity contribution >= 4 is 56.6 Å². The summed E-state index contributed by atoms with van der Waals surface area (Å²) in [6, 6.07) is 8.38. The average molecular weight is 535 g/mol. The number of carbonyl (C=O) groups excluding carboxylic acids is 4. The van der Waals surface area contributed by atoms with E-state index in [9.17, 15) is 19.2 Å².